The van der Waals surface area contributed by atoms with Crippen LogP contribution in [0.4, 0.5) is 0 Å². The van der Waals surface area contributed by atoms with E-state index in [9.17, 15) is 5.11 Å². The van der Waals surface area contributed by atoms with Gasteiger partial charge in [-0.25, -0.2) is 0 Å². The van der Waals surface area contributed by atoms with E-state index < -0.39 is 6.10 Å². The van der Waals surface area contributed by atoms with Gasteiger partial charge in [-0.05, 0) is 37.0 Å². The SMILES string of the molecule is OC(/C=C/CCCCC#Cc1ccccc1)c1ccccc1. The summed E-state index contributed by atoms with van der Waals surface area (Å²) in [6, 6.07) is 19.8. The lowest BCUT2D eigenvalue weighted by Crippen LogP contribution is -1.91. The summed E-state index contributed by atoms with van der Waals surface area (Å²) in [5.74, 6) is 6.37. The molecule has 1 unspecified atom stereocenters. The third-order valence-corrected chi connectivity index (χ3v) is 3.39. The average molecular weight is 290 g/mol. The van der Waals surface area contributed by atoms with Gasteiger partial charge in [0.25, 0.3) is 0 Å². The molecule has 2 aromatic rings. The Labute approximate surface area is 133 Å². The normalized spacial score (nSPS) is 11.9. The van der Waals surface area contributed by atoms with Gasteiger partial charge in [0.15, 0.2) is 0 Å². The van der Waals surface area contributed by atoms with E-state index in [0.717, 1.165) is 36.8 Å². The summed E-state index contributed by atoms with van der Waals surface area (Å²) in [6.45, 7) is 0. The molecule has 0 aromatic heterocycles. The zero-order valence-electron chi connectivity index (χ0n) is 12.8. The van der Waals surface area contributed by atoms with Gasteiger partial charge in [0, 0.05) is 12.0 Å². The van der Waals surface area contributed by atoms with Gasteiger partial charge in [0.1, 0.15) is 0 Å². The molecule has 112 valence electrons. The first-order valence-electron chi connectivity index (χ1n) is 7.80. The molecule has 1 nitrogen and oxygen atoms in total. The first-order chi connectivity index (χ1) is 10.9. The van der Waals surface area contributed by atoms with Crippen molar-refractivity contribution in [3.8, 4) is 11.8 Å². The number of aliphatic hydroxyl groups is 1. The van der Waals surface area contributed by atoms with Crippen LogP contribution in [-0.2, 0) is 0 Å². The van der Waals surface area contributed by atoms with Gasteiger partial charge in [0.05, 0.1) is 6.10 Å². The summed E-state index contributed by atoms with van der Waals surface area (Å²) in [5, 5.41) is 9.98. The van der Waals surface area contributed by atoms with Crippen LogP contribution in [0.2, 0.25) is 0 Å². The van der Waals surface area contributed by atoms with Crippen molar-refractivity contribution in [1.29, 1.82) is 0 Å². The van der Waals surface area contributed by atoms with Crippen LogP contribution >= 0.6 is 0 Å². The van der Waals surface area contributed by atoms with Crippen LogP contribution in [0.5, 0.6) is 0 Å². The van der Waals surface area contributed by atoms with Crippen molar-refractivity contribution >= 4 is 0 Å². The molecule has 0 spiro atoms. The second-order valence-corrected chi connectivity index (χ2v) is 5.20. The molecule has 22 heavy (non-hydrogen) atoms. The predicted molar refractivity (Wildman–Crippen MR) is 92.3 cm³/mol. The molecule has 1 heteroatoms. The van der Waals surface area contributed by atoms with E-state index in [0.29, 0.717) is 0 Å². The van der Waals surface area contributed by atoms with Crippen LogP contribution in [0, 0.1) is 11.8 Å². The number of rotatable bonds is 6. The molecule has 0 saturated carbocycles. The largest absolute Gasteiger partial charge is 0.384 e. The molecular weight excluding hydrogens is 268 g/mol. The fourth-order valence-corrected chi connectivity index (χ4v) is 2.15. The van der Waals surface area contributed by atoms with Crippen molar-refractivity contribution in [2.24, 2.45) is 0 Å². The summed E-state index contributed by atoms with van der Waals surface area (Å²) < 4.78 is 0. The number of allylic oxidation sites excluding steroid dienone is 1. The lowest BCUT2D eigenvalue weighted by atomic mass is 10.1. The maximum Gasteiger partial charge on any atom is 0.0971 e. The first-order valence-corrected chi connectivity index (χ1v) is 7.80. The topological polar surface area (TPSA) is 20.2 Å². The fourth-order valence-electron chi connectivity index (χ4n) is 2.15. The molecule has 0 aliphatic heterocycles. The Bertz CT molecular complexity index is 617. The van der Waals surface area contributed by atoms with Gasteiger partial charge in [-0.15, -0.1) is 0 Å². The van der Waals surface area contributed by atoms with Crippen molar-refractivity contribution in [2.75, 3.05) is 0 Å². The molecule has 0 saturated heterocycles. The maximum atomic E-state index is 9.98. The summed E-state index contributed by atoms with van der Waals surface area (Å²) in [6.07, 6.45) is 7.51. The first kappa shape index (κ1) is 16.1. The zero-order valence-corrected chi connectivity index (χ0v) is 12.8. The molecular formula is C21H22O. The van der Waals surface area contributed by atoms with E-state index in [2.05, 4.69) is 17.9 Å². The summed E-state index contributed by atoms with van der Waals surface area (Å²) in [7, 11) is 0. The summed E-state index contributed by atoms with van der Waals surface area (Å²) in [5.41, 5.74) is 2.01. The van der Waals surface area contributed by atoms with Gasteiger partial charge < -0.3 is 5.11 Å². The van der Waals surface area contributed by atoms with Crippen LogP contribution in [0.15, 0.2) is 72.8 Å². The van der Waals surface area contributed by atoms with Crippen molar-refractivity contribution in [1.82, 2.24) is 0 Å². The fraction of sp³-hybridized carbons (Fsp3) is 0.238. The molecule has 2 rings (SSSR count). The lowest BCUT2D eigenvalue weighted by Gasteiger charge is -2.04. The molecule has 0 amide bonds. The minimum Gasteiger partial charge on any atom is -0.384 e. The smallest absolute Gasteiger partial charge is 0.0971 e. The molecule has 1 N–H and O–H groups in total. The van der Waals surface area contributed by atoms with Crippen LogP contribution in [-0.4, -0.2) is 5.11 Å². The highest BCUT2D eigenvalue weighted by molar-refractivity contribution is 5.33. The van der Waals surface area contributed by atoms with E-state index in [1.54, 1.807) is 0 Å². The third-order valence-electron chi connectivity index (χ3n) is 3.39. The highest BCUT2D eigenvalue weighted by Gasteiger charge is 2.00. The monoisotopic (exact) mass is 290 g/mol. The Balaban J connectivity index is 1.61. The predicted octanol–water partition coefficient (Wildman–Crippen LogP) is 4.89. The molecule has 0 bridgehead atoms. The lowest BCUT2D eigenvalue weighted by molar-refractivity contribution is 0.228. The van der Waals surface area contributed by atoms with E-state index in [1.165, 1.54) is 0 Å². The Hall–Kier alpha value is -2.30. The molecule has 0 heterocycles. The molecule has 2 aromatic carbocycles. The van der Waals surface area contributed by atoms with E-state index in [1.807, 2.05) is 66.7 Å². The van der Waals surface area contributed by atoms with Gasteiger partial charge in [-0.3, -0.25) is 0 Å². The molecule has 1 atom stereocenters. The highest BCUT2D eigenvalue weighted by atomic mass is 16.3. The number of hydrogen-bond donors (Lipinski definition) is 1. The number of unbranched alkanes of at least 4 members (excludes halogenated alkanes) is 3. The Morgan fingerprint density at radius 2 is 1.59 bits per heavy atom. The van der Waals surface area contributed by atoms with Crippen LogP contribution in [0.25, 0.3) is 0 Å². The van der Waals surface area contributed by atoms with Crippen LogP contribution < -0.4 is 0 Å². The Morgan fingerprint density at radius 3 is 2.32 bits per heavy atom. The van der Waals surface area contributed by atoms with Crippen molar-refractivity contribution < 1.29 is 5.11 Å². The van der Waals surface area contributed by atoms with E-state index >= 15 is 0 Å². The second-order valence-electron chi connectivity index (χ2n) is 5.20. The van der Waals surface area contributed by atoms with Crippen molar-refractivity contribution in [2.45, 2.75) is 31.8 Å². The number of aliphatic hydroxyl groups excluding tert-OH is 1. The quantitative estimate of drug-likeness (QED) is 0.456. The standard InChI is InChI=1S/C21H22O/c22-21(20-16-10-6-11-17-20)18-12-4-2-1-3-7-13-19-14-8-5-9-15-19/h5-6,8-12,14-18,21-22H,1-4H2/b18-12+. The maximum absolute atomic E-state index is 9.98. The minimum absolute atomic E-state index is 0.501. The summed E-state index contributed by atoms with van der Waals surface area (Å²) in [4.78, 5) is 0. The van der Waals surface area contributed by atoms with Crippen LogP contribution in [0.1, 0.15) is 42.9 Å². The van der Waals surface area contributed by atoms with E-state index in [4.69, 9.17) is 0 Å². The van der Waals surface area contributed by atoms with E-state index in [-0.39, 0.29) is 0 Å². The van der Waals surface area contributed by atoms with Crippen molar-refractivity contribution in [3.05, 3.63) is 83.9 Å². The Morgan fingerprint density at radius 1 is 0.909 bits per heavy atom. The second kappa shape index (κ2) is 9.60. The molecule has 0 fully saturated rings. The van der Waals surface area contributed by atoms with Gasteiger partial charge in [-0.1, -0.05) is 72.5 Å². The van der Waals surface area contributed by atoms with Gasteiger partial charge in [0.2, 0.25) is 0 Å². The number of hydrogen-bond acceptors (Lipinski definition) is 1. The average Bonchev–Trinajstić information content (AvgIpc) is 2.59. The van der Waals surface area contributed by atoms with Gasteiger partial charge in [-0.2, -0.15) is 0 Å². The molecule has 0 aliphatic carbocycles. The molecule has 0 aliphatic rings. The molecule has 0 radical (unpaired) electrons. The minimum atomic E-state index is -0.501. The zero-order chi connectivity index (χ0) is 15.5. The Kier molecular flexibility index (Phi) is 7.02. The third kappa shape index (κ3) is 5.99. The number of benzene rings is 2. The summed E-state index contributed by atoms with van der Waals surface area (Å²) >= 11 is 0. The van der Waals surface area contributed by atoms with Crippen LogP contribution in [0.3, 0.4) is 0 Å². The van der Waals surface area contributed by atoms with Crippen molar-refractivity contribution in [3.63, 3.8) is 0 Å². The highest BCUT2D eigenvalue weighted by Crippen LogP contribution is 2.14. The van der Waals surface area contributed by atoms with Gasteiger partial charge >= 0.3 is 0 Å².